The maximum absolute atomic E-state index is 12.5. The van der Waals surface area contributed by atoms with Crippen LogP contribution < -0.4 is 5.73 Å². The minimum atomic E-state index is -4.62. The number of nitrogens with two attached hydrogens (primary N) is 1. The summed E-state index contributed by atoms with van der Waals surface area (Å²) in [4.78, 5) is 24.4. The summed E-state index contributed by atoms with van der Waals surface area (Å²) in [5, 5.41) is 0. The van der Waals surface area contributed by atoms with Gasteiger partial charge in [0.1, 0.15) is 4.90 Å². The van der Waals surface area contributed by atoms with Crippen LogP contribution in [0.25, 0.3) is 0 Å². The number of hydrogen-bond acceptors (Lipinski definition) is 5. The van der Waals surface area contributed by atoms with Crippen LogP contribution in [0.15, 0.2) is 41.3 Å². The molecule has 1 aliphatic rings. The summed E-state index contributed by atoms with van der Waals surface area (Å²) in [5.74, 6) is -1.19. The van der Waals surface area contributed by atoms with E-state index in [2.05, 4.69) is 0 Å². The first kappa shape index (κ1) is 16.9. The Morgan fingerprint density at radius 3 is 1.95 bits per heavy atom. The molecule has 0 saturated heterocycles. The van der Waals surface area contributed by atoms with Crippen LogP contribution in [0, 0.1) is 0 Å². The molecular weight excluding hydrogens is 317 g/mol. The maximum atomic E-state index is 12.5. The molecule has 0 saturated carbocycles. The Morgan fingerprint density at radius 2 is 1.36 bits per heavy atom. The molecule has 107 valence electrons. The van der Waals surface area contributed by atoms with Crippen LogP contribution in [0.3, 0.4) is 0 Å². The van der Waals surface area contributed by atoms with Gasteiger partial charge in [-0.2, -0.15) is 8.42 Å². The van der Waals surface area contributed by atoms with Crippen molar-refractivity contribution in [3.63, 3.8) is 0 Å². The summed E-state index contributed by atoms with van der Waals surface area (Å²) in [6.45, 7) is 0. The van der Waals surface area contributed by atoms with Crippen molar-refractivity contribution in [2.24, 2.45) is 0 Å². The number of carbonyl (C=O) groups excluding carboxylic acids is 2. The van der Waals surface area contributed by atoms with Crippen molar-refractivity contribution < 1.29 is 22.6 Å². The number of fused-ring (bicyclic) bond motifs is 2. The topological polar surface area (TPSA) is 115 Å². The first-order valence-corrected chi connectivity index (χ1v) is 7.35. The first-order chi connectivity index (χ1) is 9.82. The van der Waals surface area contributed by atoms with Crippen LogP contribution in [0.2, 0.25) is 0 Å². The van der Waals surface area contributed by atoms with Gasteiger partial charge in [-0.25, -0.2) is 0 Å². The average Bonchev–Trinajstić information content (AvgIpc) is 2.43. The molecule has 1 aliphatic carbocycles. The zero-order valence-electron chi connectivity index (χ0n) is 11.5. The summed E-state index contributed by atoms with van der Waals surface area (Å²) in [5.41, 5.74) is 5.57. The number of hydrogen-bond donors (Lipinski definition) is 2. The van der Waals surface area contributed by atoms with Gasteiger partial charge in [-0.3, -0.25) is 14.1 Å². The summed E-state index contributed by atoms with van der Waals surface area (Å²) in [6.07, 6.45) is 0. The van der Waals surface area contributed by atoms with Gasteiger partial charge >= 0.3 is 0 Å². The predicted molar refractivity (Wildman–Crippen MR) is 79.7 cm³/mol. The van der Waals surface area contributed by atoms with Crippen LogP contribution in [0.1, 0.15) is 31.8 Å². The summed E-state index contributed by atoms with van der Waals surface area (Å²) < 4.78 is 32.0. The van der Waals surface area contributed by atoms with Crippen molar-refractivity contribution in [2.45, 2.75) is 4.90 Å². The monoisotopic (exact) mass is 326 g/mol. The number of anilines is 1. The zero-order valence-corrected chi connectivity index (χ0v) is 14.3. The predicted octanol–water partition coefficient (Wildman–Crippen LogP) is 0.910. The van der Waals surface area contributed by atoms with Crippen molar-refractivity contribution in [2.75, 3.05) is 5.73 Å². The molecule has 0 aliphatic heterocycles. The minimum Gasteiger partial charge on any atom is -0.398 e. The smallest absolute Gasteiger partial charge is 0.295 e. The molecule has 0 spiro atoms. The normalized spacial score (nSPS) is 13.1. The van der Waals surface area contributed by atoms with Gasteiger partial charge in [0, 0.05) is 46.4 Å². The first-order valence-electron chi connectivity index (χ1n) is 5.90. The van der Waals surface area contributed by atoms with E-state index >= 15 is 0 Å². The second-order valence-corrected chi connectivity index (χ2v) is 5.97. The second kappa shape index (κ2) is 5.60. The van der Waals surface area contributed by atoms with Crippen molar-refractivity contribution >= 4 is 56.9 Å². The van der Waals surface area contributed by atoms with Crippen molar-refractivity contribution in [3.05, 3.63) is 58.7 Å². The molecule has 0 bridgehead atoms. The second-order valence-electron chi connectivity index (χ2n) is 4.58. The van der Waals surface area contributed by atoms with Crippen LogP contribution in [0.5, 0.6) is 0 Å². The average molecular weight is 326 g/mol. The van der Waals surface area contributed by atoms with Gasteiger partial charge in [0.25, 0.3) is 10.1 Å². The SMILES string of the molecule is Nc1cccc2c1C(=O)c1cccc(S(=O)(=O)O)c1C2=O.[Na]. The third-order valence-electron chi connectivity index (χ3n) is 3.34. The van der Waals surface area contributed by atoms with Crippen LogP contribution in [-0.4, -0.2) is 54.1 Å². The quantitative estimate of drug-likeness (QED) is 0.390. The van der Waals surface area contributed by atoms with Crippen LogP contribution >= 0.6 is 0 Å². The number of rotatable bonds is 1. The Bertz CT molecular complexity index is 921. The van der Waals surface area contributed by atoms with E-state index in [4.69, 9.17) is 5.73 Å². The molecule has 6 nitrogen and oxygen atoms in total. The van der Waals surface area contributed by atoms with Crippen LogP contribution in [-0.2, 0) is 10.1 Å². The van der Waals surface area contributed by atoms with E-state index in [0.29, 0.717) is 0 Å². The molecule has 2 aromatic rings. The minimum absolute atomic E-state index is 0. The van der Waals surface area contributed by atoms with E-state index in [9.17, 15) is 22.6 Å². The van der Waals surface area contributed by atoms with Crippen molar-refractivity contribution in [1.29, 1.82) is 0 Å². The number of carbonyl (C=O) groups is 2. The van der Waals surface area contributed by atoms with E-state index < -0.39 is 26.6 Å². The summed E-state index contributed by atoms with van der Waals surface area (Å²) in [6, 6.07) is 8.09. The Hall–Kier alpha value is -1.51. The van der Waals surface area contributed by atoms with Gasteiger partial charge in [-0.15, -0.1) is 0 Å². The van der Waals surface area contributed by atoms with Gasteiger partial charge < -0.3 is 5.73 Å². The molecule has 3 N–H and O–H groups in total. The Kier molecular flexibility index (Phi) is 4.29. The standard InChI is InChI=1S/C14H9NO5S.Na/c15-9-5-1-3-7-11(9)13(16)8-4-2-6-10(21(18,19)20)12(8)14(7)17;/h1-6H,15H2,(H,18,19,20);. The molecule has 0 heterocycles. The van der Waals surface area contributed by atoms with E-state index in [0.717, 1.165) is 6.07 Å². The Morgan fingerprint density at radius 1 is 0.864 bits per heavy atom. The van der Waals surface area contributed by atoms with Gasteiger partial charge in [0.2, 0.25) is 0 Å². The van der Waals surface area contributed by atoms with Crippen molar-refractivity contribution in [1.82, 2.24) is 0 Å². The number of benzene rings is 2. The van der Waals surface area contributed by atoms with E-state index in [1.54, 1.807) is 0 Å². The maximum Gasteiger partial charge on any atom is 0.295 e. The van der Waals surface area contributed by atoms with Gasteiger partial charge in [0.05, 0.1) is 11.1 Å². The largest absolute Gasteiger partial charge is 0.398 e. The fourth-order valence-electron chi connectivity index (χ4n) is 2.45. The molecule has 0 amide bonds. The van der Waals surface area contributed by atoms with Gasteiger partial charge in [-0.1, -0.05) is 24.3 Å². The molecule has 0 fully saturated rings. The molecular formula is C14H9NNaO5S. The molecule has 1 radical (unpaired) electrons. The molecule has 22 heavy (non-hydrogen) atoms. The van der Waals surface area contributed by atoms with E-state index in [1.165, 1.54) is 30.3 Å². The zero-order chi connectivity index (χ0) is 15.4. The number of ketones is 2. The summed E-state index contributed by atoms with van der Waals surface area (Å²) in [7, 11) is -4.62. The van der Waals surface area contributed by atoms with Crippen molar-refractivity contribution in [3.8, 4) is 0 Å². The molecule has 3 rings (SSSR count). The molecule has 0 aromatic heterocycles. The third kappa shape index (κ3) is 2.41. The number of nitrogen functional groups attached to an aromatic ring is 1. The van der Waals surface area contributed by atoms with E-state index in [-0.39, 0.29) is 57.5 Å². The summed E-state index contributed by atoms with van der Waals surface area (Å²) >= 11 is 0. The Labute approximate surface area is 148 Å². The van der Waals surface area contributed by atoms with Gasteiger partial charge in [0.15, 0.2) is 11.6 Å². The molecule has 0 unspecified atom stereocenters. The molecule has 2 aromatic carbocycles. The van der Waals surface area contributed by atoms with Gasteiger partial charge in [-0.05, 0) is 12.1 Å². The fourth-order valence-corrected chi connectivity index (χ4v) is 3.16. The third-order valence-corrected chi connectivity index (χ3v) is 4.24. The molecule has 8 heteroatoms. The van der Waals surface area contributed by atoms with Crippen LogP contribution in [0.4, 0.5) is 5.69 Å². The molecule has 0 atom stereocenters. The van der Waals surface area contributed by atoms with E-state index in [1.807, 2.05) is 0 Å². The fraction of sp³-hybridized carbons (Fsp3) is 0. The Balaban J connectivity index is 0.00000176.